The Balaban J connectivity index is 2.88. The van der Waals surface area contributed by atoms with Crippen molar-refractivity contribution in [2.45, 2.75) is 13.8 Å². The van der Waals surface area contributed by atoms with E-state index in [-0.39, 0.29) is 5.78 Å². The fourth-order valence-corrected chi connectivity index (χ4v) is 1.94. The van der Waals surface area contributed by atoms with Crippen molar-refractivity contribution in [3.05, 3.63) is 39.5 Å². The minimum absolute atomic E-state index is 0.0824. The zero-order valence-electron chi connectivity index (χ0n) is 8.84. The van der Waals surface area contributed by atoms with Crippen LogP contribution in [0.2, 0.25) is 10.0 Å². The van der Waals surface area contributed by atoms with Gasteiger partial charge in [0.15, 0.2) is 5.78 Å². The van der Waals surface area contributed by atoms with E-state index >= 15 is 0 Å². The van der Waals surface area contributed by atoms with Crippen LogP contribution >= 0.6 is 23.2 Å². The van der Waals surface area contributed by atoms with Gasteiger partial charge in [-0.05, 0) is 24.6 Å². The first-order valence-corrected chi connectivity index (χ1v) is 5.52. The first kappa shape index (κ1) is 11.4. The van der Waals surface area contributed by atoms with E-state index in [9.17, 15) is 4.79 Å². The van der Waals surface area contributed by atoms with Crippen molar-refractivity contribution in [2.24, 2.45) is 0 Å². The van der Waals surface area contributed by atoms with Crippen LogP contribution in [0.3, 0.4) is 0 Å². The number of Topliss-reactive ketones (excluding diaryl/α,β-unsaturated/α-hetero) is 1. The van der Waals surface area contributed by atoms with Crippen LogP contribution in [-0.4, -0.2) is 10.8 Å². The summed E-state index contributed by atoms with van der Waals surface area (Å²) in [5.41, 5.74) is 1.96. The lowest BCUT2D eigenvalue weighted by atomic mass is 10.1. The summed E-state index contributed by atoms with van der Waals surface area (Å²) in [5, 5.41) is 1.76. The molecule has 0 fully saturated rings. The molecule has 1 heterocycles. The van der Waals surface area contributed by atoms with Crippen molar-refractivity contribution < 1.29 is 4.79 Å². The molecular weight excluding hydrogens is 245 g/mol. The maximum absolute atomic E-state index is 11.3. The van der Waals surface area contributed by atoms with Crippen LogP contribution in [0.15, 0.2) is 18.2 Å². The van der Waals surface area contributed by atoms with Crippen LogP contribution in [0.25, 0.3) is 10.9 Å². The van der Waals surface area contributed by atoms with E-state index in [1.54, 1.807) is 12.1 Å². The van der Waals surface area contributed by atoms with Crippen molar-refractivity contribution in [1.29, 1.82) is 0 Å². The lowest BCUT2D eigenvalue weighted by Gasteiger charge is -2.06. The molecule has 0 unspecified atom stereocenters. The summed E-state index contributed by atoms with van der Waals surface area (Å²) in [6.07, 6.45) is 0. The second-order valence-corrected chi connectivity index (χ2v) is 4.42. The molecule has 0 saturated carbocycles. The Labute approximate surface area is 103 Å². The predicted molar refractivity (Wildman–Crippen MR) is 66.5 cm³/mol. The standard InChI is InChI=1S/C12H9Cl2NO/c1-6-5-10(7(2)16)15-12-8(6)3-4-9(13)11(12)14/h3-5H,1-2H3. The number of rotatable bonds is 1. The van der Waals surface area contributed by atoms with Crippen LogP contribution in [0, 0.1) is 6.92 Å². The highest BCUT2D eigenvalue weighted by Crippen LogP contribution is 2.31. The van der Waals surface area contributed by atoms with Crippen molar-refractivity contribution in [2.75, 3.05) is 0 Å². The lowest BCUT2D eigenvalue weighted by Crippen LogP contribution is -1.98. The number of nitrogens with zero attached hydrogens (tertiary/aromatic N) is 1. The normalized spacial score (nSPS) is 10.8. The highest BCUT2D eigenvalue weighted by Gasteiger charge is 2.10. The molecule has 1 aromatic carbocycles. The SMILES string of the molecule is CC(=O)c1cc(C)c2ccc(Cl)c(Cl)c2n1. The first-order valence-electron chi connectivity index (χ1n) is 4.77. The second kappa shape index (κ2) is 4.04. The van der Waals surface area contributed by atoms with Crippen LogP contribution in [-0.2, 0) is 0 Å². The predicted octanol–water partition coefficient (Wildman–Crippen LogP) is 4.05. The third-order valence-corrected chi connectivity index (χ3v) is 3.23. The van der Waals surface area contributed by atoms with Gasteiger partial charge in [0.05, 0.1) is 15.6 Å². The van der Waals surface area contributed by atoms with Crippen LogP contribution in [0.4, 0.5) is 0 Å². The Morgan fingerprint density at radius 1 is 1.31 bits per heavy atom. The van der Waals surface area contributed by atoms with Crippen molar-refractivity contribution in [3.63, 3.8) is 0 Å². The number of aromatic nitrogens is 1. The highest BCUT2D eigenvalue weighted by atomic mass is 35.5. The maximum atomic E-state index is 11.3. The number of halogens is 2. The van der Waals surface area contributed by atoms with E-state index in [1.165, 1.54) is 6.92 Å². The molecule has 2 aromatic rings. The lowest BCUT2D eigenvalue weighted by molar-refractivity contribution is 0.101. The molecule has 0 N–H and O–H groups in total. The van der Waals surface area contributed by atoms with Gasteiger partial charge >= 0.3 is 0 Å². The van der Waals surface area contributed by atoms with Crippen LogP contribution < -0.4 is 0 Å². The molecule has 4 heteroatoms. The summed E-state index contributed by atoms with van der Waals surface area (Å²) in [4.78, 5) is 15.5. The van der Waals surface area contributed by atoms with E-state index in [1.807, 2.05) is 13.0 Å². The van der Waals surface area contributed by atoms with Crippen LogP contribution in [0.1, 0.15) is 23.0 Å². The van der Waals surface area contributed by atoms with Crippen molar-refractivity contribution >= 4 is 39.9 Å². The van der Waals surface area contributed by atoms with Gasteiger partial charge in [-0.25, -0.2) is 4.98 Å². The quantitative estimate of drug-likeness (QED) is 0.718. The van der Waals surface area contributed by atoms with Gasteiger partial charge in [-0.1, -0.05) is 29.3 Å². The molecule has 0 amide bonds. The summed E-state index contributed by atoms with van der Waals surface area (Å²) in [6, 6.07) is 5.35. The average Bonchev–Trinajstić information content (AvgIpc) is 2.23. The average molecular weight is 254 g/mol. The monoisotopic (exact) mass is 253 g/mol. The molecule has 0 spiro atoms. The number of hydrogen-bond acceptors (Lipinski definition) is 2. The van der Waals surface area contributed by atoms with E-state index in [0.29, 0.717) is 21.3 Å². The third kappa shape index (κ3) is 1.79. The summed E-state index contributed by atoms with van der Waals surface area (Å²) in [7, 11) is 0. The molecule has 0 atom stereocenters. The molecule has 0 aliphatic rings. The number of hydrogen-bond donors (Lipinski definition) is 0. The van der Waals surface area contributed by atoms with Crippen molar-refractivity contribution in [1.82, 2.24) is 4.98 Å². The van der Waals surface area contributed by atoms with Gasteiger partial charge in [0, 0.05) is 12.3 Å². The molecule has 2 nitrogen and oxygen atoms in total. The Hall–Kier alpha value is -1.12. The smallest absolute Gasteiger partial charge is 0.178 e. The summed E-state index contributed by atoms with van der Waals surface area (Å²) in [5.74, 6) is -0.0824. The fraction of sp³-hybridized carbons (Fsp3) is 0.167. The first-order chi connectivity index (χ1) is 7.50. The van der Waals surface area contributed by atoms with Gasteiger partial charge in [0.2, 0.25) is 0 Å². The summed E-state index contributed by atoms with van der Waals surface area (Å²) in [6.45, 7) is 3.40. The molecule has 0 radical (unpaired) electrons. The minimum atomic E-state index is -0.0824. The van der Waals surface area contributed by atoms with Gasteiger partial charge < -0.3 is 0 Å². The second-order valence-electron chi connectivity index (χ2n) is 3.64. The Morgan fingerprint density at radius 2 is 2.00 bits per heavy atom. The maximum Gasteiger partial charge on any atom is 0.178 e. The zero-order valence-corrected chi connectivity index (χ0v) is 10.4. The van der Waals surface area contributed by atoms with E-state index in [2.05, 4.69) is 4.98 Å². The van der Waals surface area contributed by atoms with Crippen molar-refractivity contribution in [3.8, 4) is 0 Å². The third-order valence-electron chi connectivity index (χ3n) is 2.44. The minimum Gasteiger partial charge on any atom is -0.293 e. The summed E-state index contributed by atoms with van der Waals surface area (Å²) >= 11 is 12.0. The number of ketones is 1. The molecule has 2 rings (SSSR count). The Kier molecular flexibility index (Phi) is 2.87. The largest absolute Gasteiger partial charge is 0.293 e. The van der Waals surface area contributed by atoms with E-state index in [4.69, 9.17) is 23.2 Å². The molecule has 16 heavy (non-hydrogen) atoms. The molecule has 0 saturated heterocycles. The molecule has 0 bridgehead atoms. The van der Waals surface area contributed by atoms with Gasteiger partial charge in [-0.2, -0.15) is 0 Å². The van der Waals surface area contributed by atoms with E-state index < -0.39 is 0 Å². The van der Waals surface area contributed by atoms with Crippen LogP contribution in [0.5, 0.6) is 0 Å². The molecule has 82 valence electrons. The topological polar surface area (TPSA) is 30.0 Å². The number of benzene rings is 1. The van der Waals surface area contributed by atoms with Gasteiger partial charge in [-0.3, -0.25) is 4.79 Å². The number of aryl methyl sites for hydroxylation is 1. The molecular formula is C12H9Cl2NO. The zero-order chi connectivity index (χ0) is 11.9. The van der Waals surface area contributed by atoms with Gasteiger partial charge in [-0.15, -0.1) is 0 Å². The highest BCUT2D eigenvalue weighted by molar-refractivity contribution is 6.45. The Bertz CT molecular complexity index is 593. The molecule has 1 aromatic heterocycles. The molecule has 0 aliphatic carbocycles. The van der Waals surface area contributed by atoms with Gasteiger partial charge in [0.25, 0.3) is 0 Å². The summed E-state index contributed by atoms with van der Waals surface area (Å²) < 4.78 is 0. The number of carbonyl (C=O) groups is 1. The van der Waals surface area contributed by atoms with E-state index in [0.717, 1.165) is 10.9 Å². The van der Waals surface area contributed by atoms with Gasteiger partial charge in [0.1, 0.15) is 5.69 Å². The number of carbonyl (C=O) groups excluding carboxylic acids is 1. The molecule has 0 aliphatic heterocycles. The number of pyridine rings is 1. The Morgan fingerprint density at radius 3 is 2.62 bits per heavy atom. The number of fused-ring (bicyclic) bond motifs is 1. The fourth-order valence-electron chi connectivity index (χ4n) is 1.58.